The Morgan fingerprint density at radius 3 is 2.39 bits per heavy atom. The van der Waals surface area contributed by atoms with E-state index < -0.39 is 12.2 Å². The summed E-state index contributed by atoms with van der Waals surface area (Å²) in [5, 5.41) is 17.4. The molecule has 0 bridgehead atoms. The molecule has 8 heteroatoms. The molecule has 2 N–H and O–H groups in total. The Morgan fingerprint density at radius 2 is 1.73 bits per heavy atom. The van der Waals surface area contributed by atoms with Crippen molar-refractivity contribution in [1.29, 1.82) is 0 Å². The molecule has 4 rings (SSSR count). The molecule has 1 fully saturated rings. The Kier molecular flexibility index (Phi) is 7.26. The molecule has 1 aliphatic rings. The van der Waals surface area contributed by atoms with Gasteiger partial charge in [-0.2, -0.15) is 0 Å². The maximum absolute atomic E-state index is 12.4. The second kappa shape index (κ2) is 10.5. The van der Waals surface area contributed by atoms with Gasteiger partial charge in [-0.25, -0.2) is 0 Å². The van der Waals surface area contributed by atoms with Crippen LogP contribution in [0.15, 0.2) is 59.1 Å². The van der Waals surface area contributed by atoms with Crippen LogP contribution >= 0.6 is 0 Å². The van der Waals surface area contributed by atoms with E-state index in [-0.39, 0.29) is 18.6 Å². The van der Waals surface area contributed by atoms with Gasteiger partial charge < -0.3 is 29.2 Å². The summed E-state index contributed by atoms with van der Waals surface area (Å²) in [4.78, 5) is 12.4. The summed E-state index contributed by atoms with van der Waals surface area (Å²) in [6.07, 6.45) is 0.620. The van der Waals surface area contributed by atoms with E-state index >= 15 is 0 Å². The second-order valence-electron chi connectivity index (χ2n) is 7.99. The van der Waals surface area contributed by atoms with Crippen molar-refractivity contribution in [3.8, 4) is 22.8 Å². The quantitative estimate of drug-likeness (QED) is 0.541. The Balaban J connectivity index is 1.31. The van der Waals surface area contributed by atoms with Crippen LogP contribution in [0, 0.1) is 0 Å². The maximum Gasteiger partial charge on any atom is 0.251 e. The third-order valence-corrected chi connectivity index (χ3v) is 5.77. The van der Waals surface area contributed by atoms with E-state index in [1.807, 2.05) is 30.3 Å². The Morgan fingerprint density at radius 1 is 1.06 bits per heavy atom. The SMILES string of the molecule is COc1ccc(C(=O)NC[C@H]2O[C@H](Cc3cc(-c4ccc(OC)cc4)on3)CC[C@@H]2O)cc1. The average molecular weight is 453 g/mol. The first-order valence-corrected chi connectivity index (χ1v) is 10.9. The van der Waals surface area contributed by atoms with Crippen molar-refractivity contribution < 1.29 is 28.6 Å². The molecule has 174 valence electrons. The number of methoxy groups -OCH3 is 2. The molecule has 3 aromatic rings. The highest BCUT2D eigenvalue weighted by molar-refractivity contribution is 5.94. The number of nitrogens with one attached hydrogen (secondary N) is 1. The lowest BCUT2D eigenvalue weighted by atomic mass is 9.98. The first-order valence-electron chi connectivity index (χ1n) is 10.9. The van der Waals surface area contributed by atoms with Crippen LogP contribution < -0.4 is 14.8 Å². The van der Waals surface area contributed by atoms with Crippen molar-refractivity contribution in [3.05, 3.63) is 65.9 Å². The number of hydrogen-bond acceptors (Lipinski definition) is 7. The maximum atomic E-state index is 12.4. The van der Waals surface area contributed by atoms with Crippen molar-refractivity contribution in [1.82, 2.24) is 10.5 Å². The fourth-order valence-electron chi connectivity index (χ4n) is 3.85. The lowest BCUT2D eigenvalue weighted by Crippen LogP contribution is -2.46. The number of aliphatic hydroxyl groups excluding tert-OH is 1. The summed E-state index contributed by atoms with van der Waals surface area (Å²) in [5.74, 6) is 1.91. The van der Waals surface area contributed by atoms with E-state index in [1.54, 1.807) is 38.5 Å². The van der Waals surface area contributed by atoms with E-state index in [0.29, 0.717) is 36.3 Å². The van der Waals surface area contributed by atoms with Crippen LogP contribution in [0.2, 0.25) is 0 Å². The van der Waals surface area contributed by atoms with Crippen molar-refractivity contribution in [2.75, 3.05) is 20.8 Å². The van der Waals surface area contributed by atoms with Crippen LogP contribution in [-0.2, 0) is 11.2 Å². The highest BCUT2D eigenvalue weighted by Crippen LogP contribution is 2.26. The van der Waals surface area contributed by atoms with Gasteiger partial charge in [0.2, 0.25) is 0 Å². The molecular formula is C25H28N2O6. The van der Waals surface area contributed by atoms with E-state index in [9.17, 15) is 9.90 Å². The molecule has 3 atom stereocenters. The highest BCUT2D eigenvalue weighted by Gasteiger charge is 2.31. The van der Waals surface area contributed by atoms with Crippen molar-refractivity contribution in [3.63, 3.8) is 0 Å². The van der Waals surface area contributed by atoms with Crippen molar-refractivity contribution in [2.45, 2.75) is 37.6 Å². The summed E-state index contributed by atoms with van der Waals surface area (Å²) < 4.78 is 21.9. The molecule has 0 spiro atoms. The number of aliphatic hydroxyl groups is 1. The van der Waals surface area contributed by atoms with Gasteiger partial charge in [0.15, 0.2) is 5.76 Å². The Labute approximate surface area is 192 Å². The summed E-state index contributed by atoms with van der Waals surface area (Å²) >= 11 is 0. The number of ether oxygens (including phenoxy) is 3. The monoisotopic (exact) mass is 452 g/mol. The van der Waals surface area contributed by atoms with Gasteiger partial charge in [-0.15, -0.1) is 0 Å². The van der Waals surface area contributed by atoms with E-state index in [4.69, 9.17) is 18.7 Å². The smallest absolute Gasteiger partial charge is 0.251 e. The third kappa shape index (κ3) is 5.71. The standard InChI is InChI=1S/C25H28N2O6/c1-30-19-7-3-16(4-8-19)23-14-18(27-33-23)13-21-11-12-22(28)24(32-21)15-26-25(29)17-5-9-20(31-2)10-6-17/h3-10,14,21-22,24,28H,11-13,15H2,1-2H3,(H,26,29)/t21-,22-,24+/m0/s1. The van der Waals surface area contributed by atoms with Gasteiger partial charge in [0, 0.05) is 30.2 Å². The number of amides is 1. The molecule has 0 saturated carbocycles. The zero-order valence-electron chi connectivity index (χ0n) is 18.7. The third-order valence-electron chi connectivity index (χ3n) is 5.77. The number of aromatic nitrogens is 1. The molecular weight excluding hydrogens is 424 g/mol. The van der Waals surface area contributed by atoms with Crippen LogP contribution in [0.25, 0.3) is 11.3 Å². The van der Waals surface area contributed by atoms with Crippen molar-refractivity contribution >= 4 is 5.91 Å². The van der Waals surface area contributed by atoms with E-state index in [0.717, 1.165) is 17.0 Å². The second-order valence-corrected chi connectivity index (χ2v) is 7.99. The summed E-state index contributed by atoms with van der Waals surface area (Å²) in [6.45, 7) is 0.221. The van der Waals surface area contributed by atoms with Gasteiger partial charge in [0.25, 0.3) is 5.91 Å². The lowest BCUT2D eigenvalue weighted by Gasteiger charge is -2.33. The summed E-state index contributed by atoms with van der Waals surface area (Å²) in [7, 11) is 3.20. The fourth-order valence-corrected chi connectivity index (χ4v) is 3.85. The molecule has 8 nitrogen and oxygen atoms in total. The predicted molar refractivity (Wildman–Crippen MR) is 121 cm³/mol. The minimum absolute atomic E-state index is 0.120. The topological polar surface area (TPSA) is 103 Å². The predicted octanol–water partition coefficient (Wildman–Crippen LogP) is 3.24. The van der Waals surface area contributed by atoms with Gasteiger partial charge in [0.05, 0.1) is 32.1 Å². The molecule has 0 unspecified atom stereocenters. The molecule has 1 aliphatic heterocycles. The minimum Gasteiger partial charge on any atom is -0.497 e. The van der Waals surface area contributed by atoms with Gasteiger partial charge in [-0.05, 0) is 61.4 Å². The van der Waals surface area contributed by atoms with E-state index in [2.05, 4.69) is 10.5 Å². The largest absolute Gasteiger partial charge is 0.497 e. The number of benzene rings is 2. The molecule has 2 heterocycles. The lowest BCUT2D eigenvalue weighted by molar-refractivity contribution is -0.114. The molecule has 1 saturated heterocycles. The van der Waals surface area contributed by atoms with E-state index in [1.165, 1.54) is 0 Å². The Bertz CT molecular complexity index is 1050. The minimum atomic E-state index is -0.635. The number of rotatable bonds is 8. The van der Waals surface area contributed by atoms with Crippen molar-refractivity contribution in [2.24, 2.45) is 0 Å². The number of hydrogen-bond donors (Lipinski definition) is 2. The zero-order valence-corrected chi connectivity index (χ0v) is 18.7. The van der Waals surface area contributed by atoms with Crippen LogP contribution in [0.3, 0.4) is 0 Å². The van der Waals surface area contributed by atoms with Gasteiger partial charge >= 0.3 is 0 Å². The number of nitrogens with zero attached hydrogens (tertiary/aromatic N) is 1. The summed E-state index contributed by atoms with van der Waals surface area (Å²) in [5.41, 5.74) is 2.21. The molecule has 2 aromatic carbocycles. The molecule has 1 aromatic heterocycles. The molecule has 0 aliphatic carbocycles. The van der Waals surface area contributed by atoms with Gasteiger partial charge in [-0.3, -0.25) is 4.79 Å². The summed E-state index contributed by atoms with van der Waals surface area (Å²) in [6, 6.07) is 16.3. The number of carbonyl (C=O) groups excluding carboxylic acids is 1. The number of carbonyl (C=O) groups is 1. The van der Waals surface area contributed by atoms with Crippen LogP contribution in [0.5, 0.6) is 11.5 Å². The Hall–Kier alpha value is -3.36. The van der Waals surface area contributed by atoms with Crippen LogP contribution in [-0.4, -0.2) is 55.2 Å². The first-order chi connectivity index (χ1) is 16.1. The first kappa shape index (κ1) is 22.8. The molecule has 1 amide bonds. The van der Waals surface area contributed by atoms with Gasteiger partial charge in [-0.1, -0.05) is 5.16 Å². The zero-order chi connectivity index (χ0) is 23.2. The van der Waals surface area contributed by atoms with Crippen LogP contribution in [0.1, 0.15) is 28.9 Å². The fraction of sp³-hybridized carbons (Fsp3) is 0.360. The van der Waals surface area contributed by atoms with Crippen LogP contribution in [0.4, 0.5) is 0 Å². The highest BCUT2D eigenvalue weighted by atomic mass is 16.5. The van der Waals surface area contributed by atoms with Gasteiger partial charge in [0.1, 0.15) is 17.6 Å². The molecule has 0 radical (unpaired) electrons. The molecule has 33 heavy (non-hydrogen) atoms. The normalized spacial score (nSPS) is 20.3. The average Bonchev–Trinajstić information content (AvgIpc) is 3.32.